The van der Waals surface area contributed by atoms with E-state index in [0.29, 0.717) is 32.5 Å². The maximum atomic E-state index is 12.6. The number of ether oxygens (including phenoxy) is 1. The van der Waals surface area contributed by atoms with Crippen LogP contribution in [-0.2, 0) is 14.3 Å². The first-order valence-electron chi connectivity index (χ1n) is 12.1. The van der Waals surface area contributed by atoms with Gasteiger partial charge >= 0.3 is 12.1 Å². The summed E-state index contributed by atoms with van der Waals surface area (Å²) in [5.41, 5.74) is 3.94. The molecule has 178 valence electrons. The predicted octanol–water partition coefficient (Wildman–Crippen LogP) is 4.02. The molecule has 0 bridgehead atoms. The fraction of sp³-hybridized carbons (Fsp3) is 0.444. The highest BCUT2D eigenvalue weighted by Crippen LogP contribution is 2.49. The summed E-state index contributed by atoms with van der Waals surface area (Å²) < 4.78 is 5.53. The molecule has 2 fully saturated rings. The highest BCUT2D eigenvalue weighted by Gasteiger charge is 2.55. The molecule has 5 rings (SSSR count). The van der Waals surface area contributed by atoms with Gasteiger partial charge in [-0.2, -0.15) is 0 Å². The molecule has 1 heterocycles. The number of rotatable bonds is 7. The van der Waals surface area contributed by atoms with Gasteiger partial charge in [0.05, 0.1) is 5.41 Å². The second-order valence-corrected chi connectivity index (χ2v) is 9.68. The van der Waals surface area contributed by atoms with E-state index in [1.165, 1.54) is 11.1 Å². The van der Waals surface area contributed by atoms with Crippen LogP contribution >= 0.6 is 0 Å². The molecule has 1 aliphatic heterocycles. The van der Waals surface area contributed by atoms with E-state index < -0.39 is 17.5 Å². The van der Waals surface area contributed by atoms with E-state index in [9.17, 15) is 19.5 Å². The van der Waals surface area contributed by atoms with Gasteiger partial charge in [0, 0.05) is 32.0 Å². The van der Waals surface area contributed by atoms with Crippen molar-refractivity contribution in [3.05, 3.63) is 59.7 Å². The number of nitrogens with one attached hydrogen (secondary N) is 1. The normalized spacial score (nSPS) is 22.7. The van der Waals surface area contributed by atoms with Gasteiger partial charge in [0.2, 0.25) is 5.91 Å². The quantitative estimate of drug-likeness (QED) is 0.606. The molecule has 2 atom stereocenters. The van der Waals surface area contributed by atoms with Crippen molar-refractivity contribution in [3.63, 3.8) is 0 Å². The lowest BCUT2D eigenvalue weighted by atomic mass is 9.81. The van der Waals surface area contributed by atoms with Crippen LogP contribution in [0.1, 0.15) is 49.1 Å². The second kappa shape index (κ2) is 9.12. The number of carboxylic acids is 1. The summed E-state index contributed by atoms with van der Waals surface area (Å²) in [4.78, 5) is 38.4. The van der Waals surface area contributed by atoms with Gasteiger partial charge in [-0.3, -0.25) is 9.59 Å². The summed E-state index contributed by atoms with van der Waals surface area (Å²) in [5, 5.41) is 12.4. The number of benzene rings is 2. The van der Waals surface area contributed by atoms with Crippen LogP contribution in [0.15, 0.2) is 48.5 Å². The molecule has 0 aromatic heterocycles. The first kappa shape index (κ1) is 22.4. The number of carbonyl (C=O) groups excluding carboxylic acids is 2. The van der Waals surface area contributed by atoms with Gasteiger partial charge in [-0.05, 0) is 47.4 Å². The van der Waals surface area contributed by atoms with Crippen LogP contribution in [0.25, 0.3) is 11.1 Å². The third-order valence-electron chi connectivity index (χ3n) is 7.83. The summed E-state index contributed by atoms with van der Waals surface area (Å²) >= 11 is 0. The molecular formula is C27H30N2O5. The Labute approximate surface area is 199 Å². The van der Waals surface area contributed by atoms with Crippen molar-refractivity contribution in [2.45, 2.75) is 38.0 Å². The number of hydrogen-bond donors (Lipinski definition) is 2. The summed E-state index contributed by atoms with van der Waals surface area (Å²) in [6, 6.07) is 16.4. The maximum Gasteiger partial charge on any atom is 0.407 e. The molecule has 2 unspecified atom stereocenters. The zero-order valence-corrected chi connectivity index (χ0v) is 19.2. The van der Waals surface area contributed by atoms with Gasteiger partial charge in [-0.1, -0.05) is 55.0 Å². The molecule has 7 heteroatoms. The van der Waals surface area contributed by atoms with Crippen molar-refractivity contribution in [1.29, 1.82) is 0 Å². The van der Waals surface area contributed by atoms with E-state index in [2.05, 4.69) is 29.6 Å². The summed E-state index contributed by atoms with van der Waals surface area (Å²) in [5.74, 6) is -0.740. The number of fused-ring (bicyclic) bond motifs is 4. The molecule has 2 aromatic carbocycles. The molecular weight excluding hydrogens is 432 g/mol. The Hall–Kier alpha value is -3.35. The predicted molar refractivity (Wildman–Crippen MR) is 126 cm³/mol. The number of hydrogen-bond acceptors (Lipinski definition) is 4. The third-order valence-corrected chi connectivity index (χ3v) is 7.83. The molecule has 0 spiro atoms. The van der Waals surface area contributed by atoms with Crippen molar-refractivity contribution in [1.82, 2.24) is 10.2 Å². The van der Waals surface area contributed by atoms with E-state index in [0.717, 1.165) is 24.0 Å². The first-order valence-corrected chi connectivity index (χ1v) is 12.1. The van der Waals surface area contributed by atoms with Crippen molar-refractivity contribution in [3.8, 4) is 11.1 Å². The number of carboxylic acid groups (broad SMARTS) is 1. The van der Waals surface area contributed by atoms with Gasteiger partial charge in [0.1, 0.15) is 6.61 Å². The molecule has 1 saturated carbocycles. The fourth-order valence-corrected chi connectivity index (χ4v) is 6.07. The summed E-state index contributed by atoms with van der Waals surface area (Å²) in [6.07, 6.45) is 2.73. The smallest absolute Gasteiger partial charge is 0.407 e. The minimum absolute atomic E-state index is 0.0101. The summed E-state index contributed by atoms with van der Waals surface area (Å²) in [6.45, 7) is 1.44. The average Bonchev–Trinajstić information content (AvgIpc) is 3.50. The van der Waals surface area contributed by atoms with Crippen molar-refractivity contribution >= 4 is 18.0 Å². The van der Waals surface area contributed by atoms with Crippen molar-refractivity contribution in [2.75, 3.05) is 26.2 Å². The molecule has 34 heavy (non-hydrogen) atoms. The molecule has 2 amide bonds. The van der Waals surface area contributed by atoms with Crippen LogP contribution in [0.3, 0.4) is 0 Å². The molecule has 0 radical (unpaired) electrons. The van der Waals surface area contributed by atoms with E-state index in [4.69, 9.17) is 4.74 Å². The van der Waals surface area contributed by atoms with Crippen LogP contribution in [0.2, 0.25) is 0 Å². The average molecular weight is 463 g/mol. The maximum absolute atomic E-state index is 12.6. The lowest BCUT2D eigenvalue weighted by Crippen LogP contribution is -2.37. The van der Waals surface area contributed by atoms with Crippen LogP contribution in [0, 0.1) is 11.3 Å². The van der Waals surface area contributed by atoms with Crippen LogP contribution in [-0.4, -0.2) is 54.2 Å². The van der Waals surface area contributed by atoms with Gasteiger partial charge in [0.25, 0.3) is 0 Å². The van der Waals surface area contributed by atoms with E-state index in [-0.39, 0.29) is 30.8 Å². The minimum Gasteiger partial charge on any atom is -0.481 e. The number of nitrogens with zero attached hydrogens (tertiary/aromatic N) is 1. The third kappa shape index (κ3) is 3.93. The lowest BCUT2D eigenvalue weighted by molar-refractivity contribution is -0.149. The van der Waals surface area contributed by atoms with Crippen molar-refractivity contribution in [2.24, 2.45) is 11.3 Å². The van der Waals surface area contributed by atoms with Gasteiger partial charge in [-0.25, -0.2) is 4.79 Å². The minimum atomic E-state index is -0.776. The van der Waals surface area contributed by atoms with Crippen LogP contribution in [0.4, 0.5) is 4.79 Å². The monoisotopic (exact) mass is 462 g/mol. The Balaban J connectivity index is 1.07. The second-order valence-electron chi connectivity index (χ2n) is 9.68. The van der Waals surface area contributed by atoms with E-state index >= 15 is 0 Å². The SMILES string of the molecule is O=C(NCCCC(=O)N1CC2CCCC2(C(=O)O)C1)OCC1c2ccccc2-c2ccccc21. The molecule has 1 saturated heterocycles. The Morgan fingerprint density at radius 2 is 1.74 bits per heavy atom. The highest BCUT2D eigenvalue weighted by molar-refractivity contribution is 5.81. The Morgan fingerprint density at radius 3 is 2.38 bits per heavy atom. The van der Waals surface area contributed by atoms with Crippen LogP contribution in [0.5, 0.6) is 0 Å². The Bertz CT molecular complexity index is 1070. The highest BCUT2D eigenvalue weighted by atomic mass is 16.5. The number of amides is 2. The van der Waals surface area contributed by atoms with Gasteiger partial charge < -0.3 is 20.1 Å². The Kier molecular flexibility index (Phi) is 6.02. The van der Waals surface area contributed by atoms with Gasteiger partial charge in [0.15, 0.2) is 0 Å². The number of carbonyl (C=O) groups is 3. The van der Waals surface area contributed by atoms with Crippen molar-refractivity contribution < 1.29 is 24.2 Å². The van der Waals surface area contributed by atoms with E-state index in [1.54, 1.807) is 4.90 Å². The zero-order valence-electron chi connectivity index (χ0n) is 19.2. The van der Waals surface area contributed by atoms with E-state index in [1.807, 2.05) is 24.3 Å². The van der Waals surface area contributed by atoms with Crippen LogP contribution < -0.4 is 5.32 Å². The number of likely N-dealkylation sites (tertiary alicyclic amines) is 1. The standard InChI is InChI=1S/C27H30N2O5/c30-24(29-15-18-7-5-13-27(18,17-29)25(31)32)12-6-14-28-26(33)34-16-23-21-10-3-1-8-19(21)20-9-2-4-11-22(20)23/h1-4,8-11,18,23H,5-7,12-17H2,(H,28,33)(H,31,32). The zero-order chi connectivity index (χ0) is 23.7. The lowest BCUT2D eigenvalue weighted by Gasteiger charge is -2.23. The number of alkyl carbamates (subject to hydrolysis) is 1. The summed E-state index contributed by atoms with van der Waals surface area (Å²) in [7, 11) is 0. The first-order chi connectivity index (χ1) is 16.5. The van der Waals surface area contributed by atoms with Gasteiger partial charge in [-0.15, -0.1) is 0 Å². The number of aliphatic carboxylic acids is 1. The Morgan fingerprint density at radius 1 is 1.06 bits per heavy atom. The fourth-order valence-electron chi connectivity index (χ4n) is 6.07. The molecule has 2 N–H and O–H groups in total. The molecule has 2 aliphatic carbocycles. The molecule has 2 aromatic rings. The topological polar surface area (TPSA) is 95.9 Å². The molecule has 3 aliphatic rings. The largest absolute Gasteiger partial charge is 0.481 e. The molecule has 7 nitrogen and oxygen atoms in total.